The molecule has 3 aromatic heterocycles. The van der Waals surface area contributed by atoms with Gasteiger partial charge >= 0.3 is 0 Å². The number of para-hydroxylation sites is 1. The van der Waals surface area contributed by atoms with Crippen LogP contribution in [0, 0.1) is 6.92 Å². The predicted octanol–water partition coefficient (Wildman–Crippen LogP) is 9.28. The molecule has 1 aliphatic rings. The van der Waals surface area contributed by atoms with Crippen LogP contribution in [-0.2, 0) is 0 Å². The number of dihydropyridines is 1. The minimum absolute atomic E-state index is 0.870. The molecule has 0 fully saturated rings. The average molecular weight is 555 g/mol. The van der Waals surface area contributed by atoms with Crippen molar-refractivity contribution >= 4 is 55.3 Å². The zero-order chi connectivity index (χ0) is 28.9. The third-order valence-electron chi connectivity index (χ3n) is 8.56. The van der Waals surface area contributed by atoms with Crippen molar-refractivity contribution < 1.29 is 0 Å². The van der Waals surface area contributed by atoms with E-state index in [1.54, 1.807) is 0 Å². The highest BCUT2D eigenvalue weighted by Crippen LogP contribution is 2.38. The Balaban J connectivity index is 1.42. The smallest absolute Gasteiger partial charge is 0.0802 e. The van der Waals surface area contributed by atoms with E-state index in [0.717, 1.165) is 45.5 Å². The molecule has 4 heterocycles. The molecule has 0 unspecified atom stereocenters. The maximum atomic E-state index is 4.86. The molecule has 0 bridgehead atoms. The van der Waals surface area contributed by atoms with E-state index in [4.69, 9.17) is 4.98 Å². The largest absolute Gasteiger partial charge is 0.387 e. The van der Waals surface area contributed by atoms with Gasteiger partial charge in [-0.15, -0.1) is 0 Å². The van der Waals surface area contributed by atoms with Gasteiger partial charge in [0, 0.05) is 57.6 Å². The van der Waals surface area contributed by atoms with E-state index in [-0.39, 0.29) is 0 Å². The summed E-state index contributed by atoms with van der Waals surface area (Å²) in [6.45, 7) is 6.98. The molecule has 0 radical (unpaired) electrons. The first-order valence-corrected chi connectivity index (χ1v) is 14.7. The normalized spacial score (nSPS) is 13.4. The van der Waals surface area contributed by atoms with E-state index in [0.29, 0.717) is 0 Å². The quantitative estimate of drug-likeness (QED) is 0.215. The summed E-state index contributed by atoms with van der Waals surface area (Å²) < 4.78 is 4.74. The van der Waals surface area contributed by atoms with Crippen LogP contribution in [0.2, 0.25) is 0 Å². The maximum absolute atomic E-state index is 4.86. The number of aromatic nitrogens is 3. The van der Waals surface area contributed by atoms with E-state index in [1.165, 1.54) is 38.4 Å². The van der Waals surface area contributed by atoms with Gasteiger partial charge < -0.3 is 14.5 Å². The van der Waals surface area contributed by atoms with E-state index >= 15 is 0 Å². The molecule has 1 N–H and O–H groups in total. The second kappa shape index (κ2) is 10.0. The fourth-order valence-corrected chi connectivity index (χ4v) is 6.56. The van der Waals surface area contributed by atoms with Crippen LogP contribution >= 0.6 is 0 Å². The molecule has 0 amide bonds. The molecule has 7 aromatic rings. The third kappa shape index (κ3) is 3.95. The predicted molar refractivity (Wildman–Crippen MR) is 182 cm³/mol. The Morgan fingerprint density at radius 2 is 1.67 bits per heavy atom. The molecule has 0 saturated carbocycles. The summed E-state index contributed by atoms with van der Waals surface area (Å²) in [5.74, 6) is 0. The van der Waals surface area contributed by atoms with Crippen LogP contribution in [0.25, 0.3) is 66.6 Å². The van der Waals surface area contributed by atoms with Gasteiger partial charge in [-0.1, -0.05) is 79.4 Å². The zero-order valence-electron chi connectivity index (χ0n) is 24.0. The molecule has 4 nitrogen and oxygen atoms in total. The van der Waals surface area contributed by atoms with Gasteiger partial charge in [-0.3, -0.25) is 4.98 Å². The van der Waals surface area contributed by atoms with Crippen molar-refractivity contribution in [3.05, 3.63) is 151 Å². The minimum Gasteiger partial charge on any atom is -0.387 e. The SMILES string of the molecule is C=C/C=C\c1c(C)c2ccccc2n1-c1ccc2c3c4ncccc4ccc3n(-c3ccc(C4=CNCC=C4)cc3)c2c1. The van der Waals surface area contributed by atoms with Crippen molar-refractivity contribution in [2.75, 3.05) is 6.54 Å². The van der Waals surface area contributed by atoms with Gasteiger partial charge in [-0.2, -0.15) is 0 Å². The highest BCUT2D eigenvalue weighted by molar-refractivity contribution is 6.20. The molecule has 4 heteroatoms. The molecule has 4 aromatic carbocycles. The number of benzene rings is 4. The Labute approximate surface area is 250 Å². The van der Waals surface area contributed by atoms with Gasteiger partial charge in [-0.25, -0.2) is 0 Å². The van der Waals surface area contributed by atoms with E-state index in [2.05, 4.69) is 137 Å². The fraction of sp³-hybridized carbons (Fsp3) is 0.0513. The van der Waals surface area contributed by atoms with Crippen LogP contribution in [-0.4, -0.2) is 20.7 Å². The zero-order valence-corrected chi connectivity index (χ0v) is 24.0. The number of aryl methyl sites for hydroxylation is 1. The summed E-state index contributed by atoms with van der Waals surface area (Å²) in [7, 11) is 0. The maximum Gasteiger partial charge on any atom is 0.0802 e. The lowest BCUT2D eigenvalue weighted by molar-refractivity contribution is 0.976. The van der Waals surface area contributed by atoms with Crippen molar-refractivity contribution in [3.8, 4) is 11.4 Å². The van der Waals surface area contributed by atoms with Crippen LogP contribution in [0.5, 0.6) is 0 Å². The molecule has 43 heavy (non-hydrogen) atoms. The van der Waals surface area contributed by atoms with Crippen molar-refractivity contribution in [1.29, 1.82) is 0 Å². The Morgan fingerprint density at radius 3 is 2.51 bits per heavy atom. The molecule has 0 spiro atoms. The van der Waals surface area contributed by atoms with Crippen molar-refractivity contribution in [2.24, 2.45) is 0 Å². The first-order chi connectivity index (χ1) is 21.2. The third-order valence-corrected chi connectivity index (χ3v) is 8.56. The summed E-state index contributed by atoms with van der Waals surface area (Å²) >= 11 is 0. The summed E-state index contributed by atoms with van der Waals surface area (Å²) in [5.41, 5.74) is 11.5. The number of rotatable bonds is 5. The second-order valence-corrected chi connectivity index (χ2v) is 11.0. The van der Waals surface area contributed by atoms with Crippen molar-refractivity contribution in [1.82, 2.24) is 19.4 Å². The number of allylic oxidation sites excluding steroid dienone is 4. The van der Waals surface area contributed by atoms with Crippen molar-refractivity contribution in [3.63, 3.8) is 0 Å². The Hall–Kier alpha value is -5.61. The molecule has 206 valence electrons. The Bertz CT molecular complexity index is 2310. The second-order valence-electron chi connectivity index (χ2n) is 11.0. The Kier molecular flexibility index (Phi) is 5.86. The van der Waals surface area contributed by atoms with Crippen LogP contribution in [0.15, 0.2) is 134 Å². The summed E-state index contributed by atoms with van der Waals surface area (Å²) in [6.07, 6.45) is 14.3. The van der Waals surface area contributed by atoms with Gasteiger partial charge in [0.1, 0.15) is 0 Å². The van der Waals surface area contributed by atoms with Crippen molar-refractivity contribution in [2.45, 2.75) is 6.92 Å². The molecule has 8 rings (SSSR count). The number of hydrogen-bond acceptors (Lipinski definition) is 2. The van der Waals surface area contributed by atoms with Crippen LogP contribution in [0.3, 0.4) is 0 Å². The minimum atomic E-state index is 0.870. The number of nitrogens with one attached hydrogen (secondary N) is 1. The molecular formula is C39H30N4. The van der Waals surface area contributed by atoms with E-state index in [9.17, 15) is 0 Å². The van der Waals surface area contributed by atoms with Gasteiger partial charge in [0.15, 0.2) is 0 Å². The fourth-order valence-electron chi connectivity index (χ4n) is 6.56. The standard InChI is InChI=1S/C39H30N4/c1-3-4-12-34-26(2)32-11-5-6-13-35(32)43(34)31-19-20-33-37(24-31)42(36-21-16-28-9-8-23-41-39(28)38(33)36)30-17-14-27(15-18-30)29-10-7-22-40-25-29/h3-21,23-25,40H,1,22H2,2H3/b12-4-. The molecular weight excluding hydrogens is 524 g/mol. The number of pyridine rings is 1. The Morgan fingerprint density at radius 1 is 0.814 bits per heavy atom. The molecule has 0 atom stereocenters. The van der Waals surface area contributed by atoms with E-state index in [1.807, 2.05) is 24.4 Å². The number of hydrogen-bond donors (Lipinski definition) is 1. The first-order valence-electron chi connectivity index (χ1n) is 14.7. The first kappa shape index (κ1) is 25.1. The van der Waals surface area contributed by atoms with Crippen LogP contribution < -0.4 is 5.32 Å². The molecule has 1 aliphatic heterocycles. The van der Waals surface area contributed by atoms with Gasteiger partial charge in [-0.05, 0) is 72.2 Å². The summed E-state index contributed by atoms with van der Waals surface area (Å²) in [5, 5.41) is 8.07. The van der Waals surface area contributed by atoms with Gasteiger partial charge in [0.05, 0.1) is 22.1 Å². The van der Waals surface area contributed by atoms with Crippen LogP contribution in [0.4, 0.5) is 0 Å². The highest BCUT2D eigenvalue weighted by Gasteiger charge is 2.19. The lowest BCUT2D eigenvalue weighted by Gasteiger charge is -2.13. The lowest BCUT2D eigenvalue weighted by atomic mass is 10.0. The molecule has 0 aliphatic carbocycles. The topological polar surface area (TPSA) is 34.8 Å². The highest BCUT2D eigenvalue weighted by atomic mass is 15.0. The van der Waals surface area contributed by atoms with Crippen LogP contribution in [0.1, 0.15) is 16.8 Å². The number of nitrogens with zero attached hydrogens (tertiary/aromatic N) is 3. The molecule has 0 saturated heterocycles. The lowest BCUT2D eigenvalue weighted by Crippen LogP contribution is -2.08. The average Bonchev–Trinajstić information content (AvgIpc) is 3.55. The monoisotopic (exact) mass is 554 g/mol. The summed E-state index contributed by atoms with van der Waals surface area (Å²) in [4.78, 5) is 4.86. The van der Waals surface area contributed by atoms with Gasteiger partial charge in [0.2, 0.25) is 0 Å². The summed E-state index contributed by atoms with van der Waals surface area (Å²) in [6, 6.07) is 32.9. The number of fused-ring (bicyclic) bond motifs is 6. The van der Waals surface area contributed by atoms with Gasteiger partial charge in [0.25, 0.3) is 0 Å². The van der Waals surface area contributed by atoms with E-state index < -0.39 is 0 Å².